The number of benzene rings is 1. The van der Waals surface area contributed by atoms with Crippen molar-refractivity contribution in [1.82, 2.24) is 19.9 Å². The van der Waals surface area contributed by atoms with Crippen molar-refractivity contribution in [2.24, 2.45) is 0 Å². The number of pyridine rings is 1. The number of hydrogen-bond acceptors (Lipinski definition) is 4. The quantitative estimate of drug-likeness (QED) is 0.604. The summed E-state index contributed by atoms with van der Waals surface area (Å²) in [7, 11) is 0. The van der Waals surface area contributed by atoms with Crippen molar-refractivity contribution >= 4 is 17.5 Å². The van der Waals surface area contributed by atoms with Gasteiger partial charge in [0, 0.05) is 44.0 Å². The zero-order valence-electron chi connectivity index (χ0n) is 17.1. The second-order valence-corrected chi connectivity index (χ2v) is 7.84. The van der Waals surface area contributed by atoms with Crippen molar-refractivity contribution in [3.8, 4) is 11.3 Å². The molecule has 2 aliphatic heterocycles. The standard InChI is InChI=1S/C22H21F3N6O/c23-22(24,25)16-4-1-3-15(13-16)17-5-6-18-20(28-17)31(19-7-11-30(18)19)21(32)27-8-2-10-29-12-9-26-14-29/h1,3-6,9,12-14,19H,2,7-8,10-11H2,(H,27,32). The first-order valence-corrected chi connectivity index (χ1v) is 10.4. The average molecular weight is 442 g/mol. The Kier molecular flexibility index (Phi) is 4.99. The summed E-state index contributed by atoms with van der Waals surface area (Å²) in [5.41, 5.74) is 0.854. The number of carbonyl (C=O) groups excluding carboxylic acids is 1. The molecule has 0 saturated carbocycles. The van der Waals surface area contributed by atoms with Crippen molar-refractivity contribution in [2.45, 2.75) is 31.7 Å². The first-order valence-electron chi connectivity index (χ1n) is 10.4. The van der Waals surface area contributed by atoms with Crippen LogP contribution in [0.1, 0.15) is 18.4 Å². The second kappa shape index (κ2) is 7.85. The number of amides is 2. The zero-order chi connectivity index (χ0) is 22.3. The Balaban J connectivity index is 1.35. The van der Waals surface area contributed by atoms with E-state index in [1.54, 1.807) is 29.6 Å². The predicted octanol–water partition coefficient (Wildman–Crippen LogP) is 4.12. The molecule has 1 aromatic carbocycles. The fourth-order valence-electron chi connectivity index (χ4n) is 4.12. The number of urea groups is 1. The number of aromatic nitrogens is 3. The van der Waals surface area contributed by atoms with E-state index in [0.717, 1.165) is 43.8 Å². The third-order valence-electron chi connectivity index (χ3n) is 5.81. The summed E-state index contributed by atoms with van der Waals surface area (Å²) < 4.78 is 41.3. The van der Waals surface area contributed by atoms with Crippen molar-refractivity contribution in [1.29, 1.82) is 0 Å². The van der Waals surface area contributed by atoms with Crippen LogP contribution in [0.3, 0.4) is 0 Å². The minimum absolute atomic E-state index is 0.108. The van der Waals surface area contributed by atoms with Gasteiger partial charge in [-0.1, -0.05) is 12.1 Å². The van der Waals surface area contributed by atoms with E-state index in [0.29, 0.717) is 23.6 Å². The van der Waals surface area contributed by atoms with Gasteiger partial charge in [0.1, 0.15) is 6.17 Å². The fraction of sp³-hybridized carbons (Fsp3) is 0.318. The summed E-state index contributed by atoms with van der Waals surface area (Å²) in [6.07, 6.45) is 2.32. The number of nitrogens with zero attached hydrogens (tertiary/aromatic N) is 5. The van der Waals surface area contributed by atoms with Crippen LogP contribution >= 0.6 is 0 Å². The van der Waals surface area contributed by atoms with Crippen LogP contribution in [0.15, 0.2) is 55.1 Å². The molecular formula is C22H21F3N6O. The van der Waals surface area contributed by atoms with Gasteiger partial charge in [0.2, 0.25) is 0 Å². The molecule has 1 fully saturated rings. The van der Waals surface area contributed by atoms with Gasteiger partial charge in [-0.25, -0.2) is 14.8 Å². The molecule has 2 aromatic heterocycles. The molecule has 1 N–H and O–H groups in total. The number of aryl methyl sites for hydroxylation is 1. The summed E-state index contributed by atoms with van der Waals surface area (Å²) >= 11 is 0. The van der Waals surface area contributed by atoms with Gasteiger partial charge in [-0.3, -0.25) is 4.90 Å². The van der Waals surface area contributed by atoms with E-state index in [2.05, 4.69) is 20.2 Å². The van der Waals surface area contributed by atoms with Crippen LogP contribution in [0.5, 0.6) is 0 Å². The molecule has 0 aliphatic carbocycles. The van der Waals surface area contributed by atoms with Crippen LogP contribution < -0.4 is 15.1 Å². The summed E-state index contributed by atoms with van der Waals surface area (Å²) in [6.45, 7) is 2.04. The summed E-state index contributed by atoms with van der Waals surface area (Å²) in [5, 5.41) is 2.94. The summed E-state index contributed by atoms with van der Waals surface area (Å²) in [6, 6.07) is 8.36. The van der Waals surface area contributed by atoms with Gasteiger partial charge in [0.25, 0.3) is 0 Å². The third kappa shape index (κ3) is 3.65. The fourth-order valence-corrected chi connectivity index (χ4v) is 4.12. The molecule has 1 saturated heterocycles. The van der Waals surface area contributed by atoms with Crippen LogP contribution in [0.2, 0.25) is 0 Å². The van der Waals surface area contributed by atoms with Gasteiger partial charge in [-0.2, -0.15) is 13.2 Å². The van der Waals surface area contributed by atoms with Crippen LogP contribution in [0, 0.1) is 0 Å². The molecule has 3 aromatic rings. The predicted molar refractivity (Wildman–Crippen MR) is 113 cm³/mol. The monoisotopic (exact) mass is 442 g/mol. The molecule has 1 atom stereocenters. The number of hydrogen-bond donors (Lipinski definition) is 1. The van der Waals surface area contributed by atoms with Crippen LogP contribution in [-0.2, 0) is 12.7 Å². The number of anilines is 2. The minimum Gasteiger partial charge on any atom is -0.347 e. The van der Waals surface area contributed by atoms with Crippen LogP contribution in [-0.4, -0.2) is 39.8 Å². The van der Waals surface area contributed by atoms with E-state index in [4.69, 9.17) is 0 Å². The molecule has 32 heavy (non-hydrogen) atoms. The van der Waals surface area contributed by atoms with E-state index < -0.39 is 11.7 Å². The van der Waals surface area contributed by atoms with Gasteiger partial charge >= 0.3 is 12.2 Å². The van der Waals surface area contributed by atoms with Crippen molar-refractivity contribution in [3.05, 3.63) is 60.7 Å². The largest absolute Gasteiger partial charge is 0.416 e. The molecule has 0 radical (unpaired) electrons. The SMILES string of the molecule is O=C(NCCCn1ccnc1)N1c2nc(-c3cccc(C(F)(F)F)c3)ccc2N2CCC21. The molecule has 0 spiro atoms. The Morgan fingerprint density at radius 3 is 2.81 bits per heavy atom. The van der Waals surface area contributed by atoms with Crippen molar-refractivity contribution in [2.75, 3.05) is 22.9 Å². The van der Waals surface area contributed by atoms with E-state index >= 15 is 0 Å². The number of alkyl halides is 3. The normalized spacial score (nSPS) is 17.0. The maximum absolute atomic E-state index is 13.1. The number of nitrogens with one attached hydrogen (secondary N) is 1. The Labute approximate surface area is 182 Å². The molecule has 10 heteroatoms. The van der Waals surface area contributed by atoms with Crippen LogP contribution in [0.4, 0.5) is 29.5 Å². The highest BCUT2D eigenvalue weighted by Gasteiger charge is 2.46. The lowest BCUT2D eigenvalue weighted by molar-refractivity contribution is -0.137. The third-order valence-corrected chi connectivity index (χ3v) is 5.81. The highest BCUT2D eigenvalue weighted by atomic mass is 19.4. The van der Waals surface area contributed by atoms with Gasteiger partial charge in [-0.15, -0.1) is 0 Å². The summed E-state index contributed by atoms with van der Waals surface area (Å²) in [4.78, 5) is 25.3. The molecule has 4 heterocycles. The smallest absolute Gasteiger partial charge is 0.347 e. The second-order valence-electron chi connectivity index (χ2n) is 7.84. The van der Waals surface area contributed by atoms with E-state index in [9.17, 15) is 18.0 Å². The lowest BCUT2D eigenvalue weighted by Gasteiger charge is -2.39. The average Bonchev–Trinajstić information content (AvgIpc) is 3.34. The molecule has 1 unspecified atom stereocenters. The van der Waals surface area contributed by atoms with Gasteiger partial charge in [0.15, 0.2) is 5.82 Å². The first-order chi connectivity index (χ1) is 15.4. The van der Waals surface area contributed by atoms with E-state index in [-0.39, 0.29) is 12.2 Å². The van der Waals surface area contributed by atoms with E-state index in [1.807, 2.05) is 16.8 Å². The Hall–Kier alpha value is -3.56. The number of imidazole rings is 1. The first kappa shape index (κ1) is 20.3. The van der Waals surface area contributed by atoms with Gasteiger partial charge in [0.05, 0.1) is 23.3 Å². The lowest BCUT2D eigenvalue weighted by atomic mass is 10.1. The maximum atomic E-state index is 13.1. The molecular weight excluding hydrogens is 421 g/mol. The minimum atomic E-state index is -4.43. The molecule has 166 valence electrons. The summed E-state index contributed by atoms with van der Waals surface area (Å²) in [5.74, 6) is 0.481. The molecule has 7 nitrogen and oxygen atoms in total. The highest BCUT2D eigenvalue weighted by Crippen LogP contribution is 2.45. The highest BCUT2D eigenvalue weighted by molar-refractivity contribution is 5.99. The van der Waals surface area contributed by atoms with Crippen LogP contribution in [0.25, 0.3) is 11.3 Å². The van der Waals surface area contributed by atoms with E-state index in [1.165, 1.54) is 6.07 Å². The topological polar surface area (TPSA) is 66.3 Å². The lowest BCUT2D eigenvalue weighted by Crippen LogP contribution is -2.57. The molecule has 0 bridgehead atoms. The zero-order valence-corrected chi connectivity index (χ0v) is 17.1. The Bertz CT molecular complexity index is 1130. The van der Waals surface area contributed by atoms with Gasteiger partial charge < -0.3 is 14.8 Å². The number of rotatable bonds is 5. The van der Waals surface area contributed by atoms with Crippen molar-refractivity contribution < 1.29 is 18.0 Å². The number of halogens is 3. The Morgan fingerprint density at radius 1 is 1.22 bits per heavy atom. The number of carbonyl (C=O) groups is 1. The number of fused-ring (bicyclic) bond motifs is 3. The Morgan fingerprint density at radius 2 is 2.09 bits per heavy atom. The molecule has 2 amide bonds. The van der Waals surface area contributed by atoms with Crippen molar-refractivity contribution in [3.63, 3.8) is 0 Å². The molecule has 2 aliphatic rings. The molecule has 5 rings (SSSR count). The van der Waals surface area contributed by atoms with Gasteiger partial charge in [-0.05, 0) is 30.7 Å². The maximum Gasteiger partial charge on any atom is 0.416 e.